The third kappa shape index (κ3) is 2.20. The van der Waals surface area contributed by atoms with Crippen molar-refractivity contribution in [2.45, 2.75) is 32.7 Å². The largest absolute Gasteiger partial charge is 0.493 e. The first-order valence-corrected chi connectivity index (χ1v) is 6.41. The maximum Gasteiger partial charge on any atom is 0.222 e. The van der Waals surface area contributed by atoms with Gasteiger partial charge in [0, 0.05) is 17.0 Å². The number of nitroso groups, excluding NO2 is 1. The monoisotopic (exact) mass is 266 g/mol. The van der Waals surface area contributed by atoms with Gasteiger partial charge in [-0.1, -0.05) is 31.4 Å². The molecule has 0 spiro atoms. The molecule has 0 bridgehead atoms. The first kappa shape index (κ1) is 12.9. The standard InChI is InChI=1S/C13H15ClN2O2/c1-2-3-4-7-16-11-8-9(14)5-6-10(11)12(15-18)13(16)17/h5-6,8,17H,2-4,7H2,1H3. The van der Waals surface area contributed by atoms with E-state index in [2.05, 4.69) is 12.1 Å². The molecule has 1 heterocycles. The van der Waals surface area contributed by atoms with Crippen LogP contribution in [0, 0.1) is 4.91 Å². The lowest BCUT2D eigenvalue weighted by molar-refractivity contribution is 0.417. The maximum absolute atomic E-state index is 10.8. The summed E-state index contributed by atoms with van der Waals surface area (Å²) in [5, 5.41) is 14.2. The molecule has 0 saturated heterocycles. The quantitative estimate of drug-likeness (QED) is 0.636. The van der Waals surface area contributed by atoms with Crippen LogP contribution in [0.4, 0.5) is 5.69 Å². The Labute approximate surface area is 110 Å². The first-order valence-electron chi connectivity index (χ1n) is 6.03. The van der Waals surface area contributed by atoms with Crippen LogP contribution >= 0.6 is 11.6 Å². The summed E-state index contributed by atoms with van der Waals surface area (Å²) in [4.78, 5) is 10.8. The normalized spacial score (nSPS) is 11.0. The van der Waals surface area contributed by atoms with Crippen molar-refractivity contribution in [3.05, 3.63) is 28.1 Å². The highest BCUT2D eigenvalue weighted by atomic mass is 35.5. The molecular formula is C13H15ClN2O2. The Morgan fingerprint density at radius 1 is 1.39 bits per heavy atom. The number of aromatic hydroxyl groups is 1. The minimum absolute atomic E-state index is 0.0710. The number of hydrogen-bond donors (Lipinski definition) is 1. The maximum atomic E-state index is 10.8. The van der Waals surface area contributed by atoms with Crippen molar-refractivity contribution in [3.8, 4) is 5.88 Å². The highest BCUT2D eigenvalue weighted by Gasteiger charge is 2.17. The number of aryl methyl sites for hydroxylation is 1. The Kier molecular flexibility index (Phi) is 3.87. The summed E-state index contributed by atoms with van der Waals surface area (Å²) in [7, 11) is 0. The fraction of sp³-hybridized carbons (Fsp3) is 0.385. The molecule has 0 radical (unpaired) electrons. The van der Waals surface area contributed by atoms with Gasteiger partial charge in [0.25, 0.3) is 0 Å². The Hall–Kier alpha value is -1.55. The number of benzene rings is 1. The molecule has 1 aromatic carbocycles. The Morgan fingerprint density at radius 2 is 2.17 bits per heavy atom. The number of fused-ring (bicyclic) bond motifs is 1. The predicted octanol–water partition coefficient (Wildman–Crippen LogP) is 4.59. The molecule has 0 aliphatic carbocycles. The minimum Gasteiger partial charge on any atom is -0.493 e. The van der Waals surface area contributed by atoms with Crippen LogP contribution in [0.3, 0.4) is 0 Å². The SMILES string of the molecule is CCCCCn1c(O)c(N=O)c2ccc(Cl)cc21. The second kappa shape index (κ2) is 5.40. The zero-order valence-corrected chi connectivity index (χ0v) is 10.9. The zero-order chi connectivity index (χ0) is 13.1. The lowest BCUT2D eigenvalue weighted by atomic mass is 10.2. The molecule has 2 rings (SSSR count). The first-order chi connectivity index (χ1) is 8.69. The van der Waals surface area contributed by atoms with E-state index in [0.717, 1.165) is 24.8 Å². The number of aromatic nitrogens is 1. The number of hydrogen-bond acceptors (Lipinski definition) is 3. The average Bonchev–Trinajstić information content (AvgIpc) is 2.62. The van der Waals surface area contributed by atoms with Crippen LogP contribution in [0.1, 0.15) is 26.2 Å². The van der Waals surface area contributed by atoms with Gasteiger partial charge >= 0.3 is 0 Å². The fourth-order valence-electron chi connectivity index (χ4n) is 2.13. The summed E-state index contributed by atoms with van der Waals surface area (Å²) in [6.07, 6.45) is 3.11. The van der Waals surface area contributed by atoms with Crippen LogP contribution in [-0.2, 0) is 6.54 Å². The second-order valence-electron chi connectivity index (χ2n) is 4.28. The molecule has 0 fully saturated rings. The van der Waals surface area contributed by atoms with E-state index in [9.17, 15) is 10.0 Å². The van der Waals surface area contributed by atoms with Gasteiger partial charge in [-0.25, -0.2) is 0 Å². The van der Waals surface area contributed by atoms with Crippen molar-refractivity contribution in [1.29, 1.82) is 0 Å². The van der Waals surface area contributed by atoms with Gasteiger partial charge in [-0.15, -0.1) is 4.91 Å². The van der Waals surface area contributed by atoms with Crippen molar-refractivity contribution in [3.63, 3.8) is 0 Å². The van der Waals surface area contributed by atoms with Crippen LogP contribution in [0.25, 0.3) is 10.9 Å². The van der Waals surface area contributed by atoms with Gasteiger partial charge < -0.3 is 9.67 Å². The molecule has 0 unspecified atom stereocenters. The fourth-order valence-corrected chi connectivity index (χ4v) is 2.29. The molecule has 0 atom stereocenters. The van der Waals surface area contributed by atoms with Crippen LogP contribution in [0.5, 0.6) is 5.88 Å². The van der Waals surface area contributed by atoms with Crippen molar-refractivity contribution in [1.82, 2.24) is 4.57 Å². The van der Waals surface area contributed by atoms with E-state index in [1.165, 1.54) is 0 Å². The van der Waals surface area contributed by atoms with Gasteiger partial charge in [-0.2, -0.15) is 0 Å². The molecule has 96 valence electrons. The Bertz CT molecular complexity index is 578. The van der Waals surface area contributed by atoms with Crippen LogP contribution in [-0.4, -0.2) is 9.67 Å². The summed E-state index contributed by atoms with van der Waals surface area (Å²) < 4.78 is 1.70. The van der Waals surface area contributed by atoms with Crippen molar-refractivity contribution >= 4 is 28.2 Å². The van der Waals surface area contributed by atoms with Crippen molar-refractivity contribution < 1.29 is 5.11 Å². The second-order valence-corrected chi connectivity index (χ2v) is 4.72. The molecule has 0 amide bonds. The van der Waals surface area contributed by atoms with Gasteiger partial charge in [0.05, 0.1) is 5.52 Å². The topological polar surface area (TPSA) is 54.6 Å². The highest BCUT2D eigenvalue weighted by molar-refractivity contribution is 6.31. The molecule has 0 aliphatic rings. The van der Waals surface area contributed by atoms with Crippen LogP contribution in [0.15, 0.2) is 23.4 Å². The van der Waals surface area contributed by atoms with E-state index in [1.54, 1.807) is 22.8 Å². The van der Waals surface area contributed by atoms with Crippen LogP contribution < -0.4 is 0 Å². The molecule has 4 nitrogen and oxygen atoms in total. The number of rotatable bonds is 5. The molecule has 0 aliphatic heterocycles. The smallest absolute Gasteiger partial charge is 0.222 e. The van der Waals surface area contributed by atoms with Gasteiger partial charge in [-0.05, 0) is 29.8 Å². The van der Waals surface area contributed by atoms with Gasteiger partial charge in [0.2, 0.25) is 5.88 Å². The van der Waals surface area contributed by atoms with Crippen molar-refractivity contribution in [2.75, 3.05) is 0 Å². The lowest BCUT2D eigenvalue weighted by Crippen LogP contribution is -1.96. The van der Waals surface area contributed by atoms with E-state index in [0.29, 0.717) is 17.0 Å². The summed E-state index contributed by atoms with van der Waals surface area (Å²) in [5.41, 5.74) is 0.851. The predicted molar refractivity (Wildman–Crippen MR) is 73.6 cm³/mol. The minimum atomic E-state index is -0.0710. The lowest BCUT2D eigenvalue weighted by Gasteiger charge is -2.06. The molecular weight excluding hydrogens is 252 g/mol. The molecule has 0 saturated carbocycles. The van der Waals surface area contributed by atoms with Crippen molar-refractivity contribution in [2.24, 2.45) is 5.18 Å². The van der Waals surface area contributed by atoms with E-state index in [4.69, 9.17) is 11.6 Å². The summed E-state index contributed by atoms with van der Waals surface area (Å²) in [6.45, 7) is 2.77. The number of nitrogens with zero attached hydrogens (tertiary/aromatic N) is 2. The Morgan fingerprint density at radius 3 is 2.83 bits per heavy atom. The Balaban J connectivity index is 2.52. The van der Waals surface area contributed by atoms with E-state index < -0.39 is 0 Å². The number of unbranched alkanes of at least 4 members (excludes halogenated alkanes) is 2. The third-order valence-corrected chi connectivity index (χ3v) is 3.28. The molecule has 1 aromatic heterocycles. The third-order valence-electron chi connectivity index (χ3n) is 3.05. The van der Waals surface area contributed by atoms with E-state index in [-0.39, 0.29) is 11.6 Å². The number of halogens is 1. The van der Waals surface area contributed by atoms with Crippen LogP contribution in [0.2, 0.25) is 5.02 Å². The summed E-state index contributed by atoms with van der Waals surface area (Å²) in [5.74, 6) is -0.0710. The molecule has 2 aromatic rings. The van der Waals surface area contributed by atoms with Gasteiger partial charge in [-0.3, -0.25) is 0 Å². The average molecular weight is 267 g/mol. The molecule has 1 N–H and O–H groups in total. The highest BCUT2D eigenvalue weighted by Crippen LogP contribution is 2.39. The van der Waals surface area contributed by atoms with Gasteiger partial charge in [0.1, 0.15) is 0 Å². The van der Waals surface area contributed by atoms with E-state index >= 15 is 0 Å². The summed E-state index contributed by atoms with van der Waals surface area (Å²) in [6, 6.07) is 5.15. The van der Waals surface area contributed by atoms with Gasteiger partial charge in [0.15, 0.2) is 5.69 Å². The molecule has 5 heteroatoms. The zero-order valence-electron chi connectivity index (χ0n) is 10.2. The van der Waals surface area contributed by atoms with E-state index in [1.807, 2.05) is 0 Å². The summed E-state index contributed by atoms with van der Waals surface area (Å²) >= 11 is 5.95. The molecule has 18 heavy (non-hydrogen) atoms.